The van der Waals surface area contributed by atoms with E-state index in [0.717, 1.165) is 19.2 Å². The molecule has 1 fully saturated rings. The van der Waals surface area contributed by atoms with Crippen LogP contribution in [0.15, 0.2) is 42.5 Å². The van der Waals surface area contributed by atoms with Crippen LogP contribution in [0.2, 0.25) is 0 Å². The van der Waals surface area contributed by atoms with E-state index in [4.69, 9.17) is 4.74 Å². The van der Waals surface area contributed by atoms with Crippen LogP contribution in [-0.2, 0) is 4.79 Å². The highest BCUT2D eigenvalue weighted by Crippen LogP contribution is 2.41. The highest BCUT2D eigenvalue weighted by molar-refractivity contribution is 6.01. The molecule has 2 aromatic carbocycles. The molecule has 1 unspecified atom stereocenters. The lowest BCUT2D eigenvalue weighted by atomic mass is 10.0. The number of fused-ring (bicyclic) bond motifs is 1. The second-order valence-corrected chi connectivity index (χ2v) is 9.42. The van der Waals surface area contributed by atoms with Crippen LogP contribution in [0.1, 0.15) is 20.8 Å². The van der Waals surface area contributed by atoms with Crippen molar-refractivity contribution in [1.29, 1.82) is 0 Å². The summed E-state index contributed by atoms with van der Waals surface area (Å²) < 4.78 is 50.3. The van der Waals surface area contributed by atoms with Crippen molar-refractivity contribution in [2.24, 2.45) is 0 Å². The third-order valence-electron chi connectivity index (χ3n) is 6.48. The van der Waals surface area contributed by atoms with Crippen molar-refractivity contribution in [3.8, 4) is 17.0 Å². The number of amides is 1. The molecule has 1 atom stereocenters. The summed E-state index contributed by atoms with van der Waals surface area (Å²) >= 11 is 0. The summed E-state index contributed by atoms with van der Waals surface area (Å²) in [6.07, 6.45) is -0.837. The molecule has 0 bridgehead atoms. The first-order valence-corrected chi connectivity index (χ1v) is 12.3. The van der Waals surface area contributed by atoms with Gasteiger partial charge in [-0.3, -0.25) is 4.79 Å². The number of carbonyl (C=O) groups excluding carboxylic acids is 1. The van der Waals surface area contributed by atoms with Crippen molar-refractivity contribution in [2.75, 3.05) is 41.3 Å². The van der Waals surface area contributed by atoms with Crippen LogP contribution in [-0.4, -0.2) is 49.2 Å². The molecule has 0 saturated carbocycles. The zero-order chi connectivity index (χ0) is 26.3. The quantitative estimate of drug-likeness (QED) is 0.511. The van der Waals surface area contributed by atoms with Crippen LogP contribution in [0.4, 0.5) is 36.1 Å². The largest absolute Gasteiger partial charge is 0.476 e. The first-order valence-electron chi connectivity index (χ1n) is 12.3. The average Bonchev–Trinajstić information content (AvgIpc) is 2.87. The number of hydrogen-bond donors (Lipinski definition) is 2. The second-order valence-electron chi connectivity index (χ2n) is 9.42. The molecule has 3 heterocycles. The van der Waals surface area contributed by atoms with Crippen LogP contribution >= 0.6 is 0 Å². The first kappa shape index (κ1) is 24.9. The number of rotatable bonds is 5. The van der Waals surface area contributed by atoms with E-state index in [1.54, 1.807) is 32.9 Å². The summed E-state index contributed by atoms with van der Waals surface area (Å²) in [6.45, 7) is 8.18. The summed E-state index contributed by atoms with van der Waals surface area (Å²) in [5, 5.41) is 6.24. The standard InChI is InChI=1S/C27H28F3N5O2/c1-15(2)35-23-13-17(12-21(30)26(23)37-16(3)27(35)36)25-19(28)5-7-24(33-25)32-18-4-6-22(20(29)14-18)34-10-8-31-9-11-34/h4-7,12-16,31H,8-11H2,1-3H3,(H,32,33). The Hall–Kier alpha value is -3.79. The van der Waals surface area contributed by atoms with Gasteiger partial charge in [0.2, 0.25) is 0 Å². The predicted molar refractivity (Wildman–Crippen MR) is 137 cm³/mol. The fourth-order valence-electron chi connectivity index (χ4n) is 4.69. The van der Waals surface area contributed by atoms with Gasteiger partial charge in [-0.05, 0) is 63.2 Å². The Labute approximate surface area is 213 Å². The van der Waals surface area contributed by atoms with E-state index in [1.807, 2.05) is 4.90 Å². The lowest BCUT2D eigenvalue weighted by Gasteiger charge is -2.36. The predicted octanol–water partition coefficient (Wildman–Crippen LogP) is 4.84. The molecule has 1 amide bonds. The van der Waals surface area contributed by atoms with Crippen LogP contribution < -0.4 is 25.2 Å². The SMILES string of the molecule is CC1Oc2c(F)cc(-c3nc(Nc4ccc(N5CCNCC5)c(F)c4)ccc3F)cc2N(C(C)C)C1=O. The number of ether oxygens (including phenoxy) is 1. The monoisotopic (exact) mass is 511 g/mol. The van der Waals surface area contributed by atoms with Gasteiger partial charge in [-0.25, -0.2) is 18.2 Å². The van der Waals surface area contributed by atoms with Crippen molar-refractivity contribution in [2.45, 2.75) is 32.9 Å². The molecule has 1 aromatic heterocycles. The van der Waals surface area contributed by atoms with E-state index in [0.29, 0.717) is 24.5 Å². The lowest BCUT2D eigenvalue weighted by molar-refractivity contribution is -0.126. The topological polar surface area (TPSA) is 69.7 Å². The van der Waals surface area contributed by atoms with E-state index in [1.165, 1.54) is 29.2 Å². The molecule has 1 saturated heterocycles. The molecular formula is C27H28F3N5O2. The number of halogens is 3. The minimum atomic E-state index is -0.837. The second kappa shape index (κ2) is 9.93. The van der Waals surface area contributed by atoms with E-state index < -0.39 is 17.7 Å². The maximum absolute atomic E-state index is 15.1. The molecule has 2 N–H and O–H groups in total. The van der Waals surface area contributed by atoms with Crippen molar-refractivity contribution < 1.29 is 22.7 Å². The Bertz CT molecular complexity index is 1340. The molecule has 5 rings (SSSR count). The Morgan fingerprint density at radius 3 is 2.46 bits per heavy atom. The molecule has 7 nitrogen and oxygen atoms in total. The zero-order valence-electron chi connectivity index (χ0n) is 20.8. The Morgan fingerprint density at radius 1 is 1.00 bits per heavy atom. The van der Waals surface area contributed by atoms with Crippen LogP contribution in [0.3, 0.4) is 0 Å². The molecule has 0 radical (unpaired) electrons. The minimum absolute atomic E-state index is 0.0562. The number of carbonyl (C=O) groups is 1. The van der Waals surface area contributed by atoms with Gasteiger partial charge in [-0.15, -0.1) is 0 Å². The first-order chi connectivity index (χ1) is 17.7. The summed E-state index contributed by atoms with van der Waals surface area (Å²) in [7, 11) is 0. The number of nitrogens with one attached hydrogen (secondary N) is 2. The zero-order valence-corrected chi connectivity index (χ0v) is 20.8. The number of piperazine rings is 1. The molecule has 2 aliphatic heterocycles. The van der Waals surface area contributed by atoms with Crippen LogP contribution in [0.5, 0.6) is 5.75 Å². The number of aromatic nitrogens is 1. The lowest BCUT2D eigenvalue weighted by Crippen LogP contribution is -2.48. The molecule has 0 spiro atoms. The van der Waals surface area contributed by atoms with Crippen molar-refractivity contribution in [3.05, 3.63) is 59.9 Å². The van der Waals surface area contributed by atoms with Crippen LogP contribution in [0.25, 0.3) is 11.3 Å². The van der Waals surface area contributed by atoms with Gasteiger partial charge in [-0.2, -0.15) is 0 Å². The molecule has 0 aliphatic carbocycles. The van der Waals surface area contributed by atoms with E-state index in [2.05, 4.69) is 15.6 Å². The van der Waals surface area contributed by atoms with Crippen molar-refractivity contribution in [3.63, 3.8) is 0 Å². The van der Waals surface area contributed by atoms with Gasteiger partial charge in [0.25, 0.3) is 5.91 Å². The molecule has 3 aromatic rings. The number of benzene rings is 2. The van der Waals surface area contributed by atoms with Crippen molar-refractivity contribution >= 4 is 28.8 Å². The Balaban J connectivity index is 1.46. The average molecular weight is 512 g/mol. The fraction of sp³-hybridized carbons (Fsp3) is 0.333. The summed E-state index contributed by atoms with van der Waals surface area (Å²) in [5.41, 5.74) is 1.22. The van der Waals surface area contributed by atoms with Crippen LogP contribution in [0, 0.1) is 17.5 Å². The van der Waals surface area contributed by atoms with Gasteiger partial charge in [0, 0.05) is 43.5 Å². The molecule has 37 heavy (non-hydrogen) atoms. The van der Waals surface area contributed by atoms with Gasteiger partial charge in [-0.1, -0.05) is 0 Å². The maximum Gasteiger partial charge on any atom is 0.268 e. The summed E-state index contributed by atoms with van der Waals surface area (Å²) in [6, 6.07) is 9.79. The van der Waals surface area contributed by atoms with E-state index in [-0.39, 0.29) is 46.3 Å². The highest BCUT2D eigenvalue weighted by atomic mass is 19.1. The molecular weight excluding hydrogens is 483 g/mol. The van der Waals surface area contributed by atoms with E-state index in [9.17, 15) is 13.6 Å². The molecule has 194 valence electrons. The van der Waals surface area contributed by atoms with Gasteiger partial charge in [0.1, 0.15) is 23.1 Å². The Morgan fingerprint density at radius 2 is 1.76 bits per heavy atom. The van der Waals surface area contributed by atoms with E-state index >= 15 is 4.39 Å². The number of nitrogens with zero attached hydrogens (tertiary/aromatic N) is 3. The minimum Gasteiger partial charge on any atom is -0.476 e. The number of pyridine rings is 1. The normalized spacial score (nSPS) is 17.6. The van der Waals surface area contributed by atoms with Gasteiger partial charge in [0.15, 0.2) is 17.7 Å². The third-order valence-corrected chi connectivity index (χ3v) is 6.48. The van der Waals surface area contributed by atoms with Gasteiger partial charge in [0.05, 0.1) is 11.4 Å². The summed E-state index contributed by atoms with van der Waals surface area (Å²) in [5.74, 6) is -1.88. The van der Waals surface area contributed by atoms with Gasteiger partial charge >= 0.3 is 0 Å². The number of anilines is 4. The Kier molecular flexibility index (Phi) is 6.68. The van der Waals surface area contributed by atoms with Gasteiger partial charge < -0.3 is 25.2 Å². The smallest absolute Gasteiger partial charge is 0.268 e. The number of hydrogen-bond acceptors (Lipinski definition) is 6. The third kappa shape index (κ3) is 4.81. The maximum atomic E-state index is 15.1. The molecule has 2 aliphatic rings. The van der Waals surface area contributed by atoms with Crippen molar-refractivity contribution in [1.82, 2.24) is 10.3 Å². The highest BCUT2D eigenvalue weighted by Gasteiger charge is 2.35. The molecule has 10 heteroatoms. The fourth-order valence-corrected chi connectivity index (χ4v) is 4.69. The summed E-state index contributed by atoms with van der Waals surface area (Å²) in [4.78, 5) is 20.5.